The molecular formula is C21H25ClN4O4. The lowest BCUT2D eigenvalue weighted by molar-refractivity contribution is 0.00175. The normalized spacial score (nSPS) is 11.0. The van der Waals surface area contributed by atoms with Crippen LogP contribution in [0.25, 0.3) is 22.0 Å². The van der Waals surface area contributed by atoms with E-state index in [9.17, 15) is 4.79 Å². The highest BCUT2D eigenvalue weighted by Crippen LogP contribution is 2.38. The van der Waals surface area contributed by atoms with Crippen molar-refractivity contribution in [2.75, 3.05) is 45.9 Å². The minimum Gasteiger partial charge on any atom is -0.480 e. The van der Waals surface area contributed by atoms with E-state index in [1.54, 1.807) is 19.4 Å². The van der Waals surface area contributed by atoms with Gasteiger partial charge >= 0.3 is 0 Å². The Balaban J connectivity index is 1.93. The van der Waals surface area contributed by atoms with Crippen LogP contribution in [0, 0.1) is 0 Å². The fourth-order valence-electron chi connectivity index (χ4n) is 2.99. The first-order valence-corrected chi connectivity index (χ1v) is 9.87. The third kappa shape index (κ3) is 4.67. The quantitative estimate of drug-likeness (QED) is 0.396. The maximum atomic E-state index is 12.6. The van der Waals surface area contributed by atoms with Gasteiger partial charge in [-0.1, -0.05) is 11.6 Å². The van der Waals surface area contributed by atoms with Gasteiger partial charge in [0.15, 0.2) is 0 Å². The van der Waals surface area contributed by atoms with Crippen molar-refractivity contribution in [1.29, 1.82) is 0 Å². The van der Waals surface area contributed by atoms with Crippen LogP contribution in [0.4, 0.5) is 5.82 Å². The minimum atomic E-state index is -0.362. The number of pyridine rings is 1. The first-order valence-electron chi connectivity index (χ1n) is 9.49. The maximum absolute atomic E-state index is 12.6. The summed E-state index contributed by atoms with van der Waals surface area (Å²) in [6, 6.07) is 7.41. The molecule has 30 heavy (non-hydrogen) atoms. The molecule has 0 fully saturated rings. The number of halogens is 1. The first-order chi connectivity index (χ1) is 14.5. The number of aromatic amines is 1. The molecule has 0 bridgehead atoms. The standard InChI is InChI=1S/C21H25ClN4O4/c1-5-29-8-9-30-25-20(27)16-12-23-18-11-17(22)14(10-15(16)18)13-6-7-19(26(2)3)24-21(13)28-4/h6-7,10-12,23H,5,8-9H2,1-4H3,(H,25,27). The Kier molecular flexibility index (Phi) is 7.15. The van der Waals surface area contributed by atoms with Crippen molar-refractivity contribution in [3.05, 3.63) is 41.0 Å². The summed E-state index contributed by atoms with van der Waals surface area (Å²) in [5.74, 6) is 0.848. The molecule has 0 unspecified atom stereocenters. The van der Waals surface area contributed by atoms with Crippen molar-refractivity contribution in [2.24, 2.45) is 0 Å². The average molecular weight is 433 g/mol. The predicted molar refractivity (Wildman–Crippen MR) is 117 cm³/mol. The van der Waals surface area contributed by atoms with Gasteiger partial charge in [0.05, 0.1) is 30.9 Å². The van der Waals surface area contributed by atoms with E-state index in [2.05, 4.69) is 15.4 Å². The Morgan fingerprint density at radius 1 is 1.23 bits per heavy atom. The lowest BCUT2D eigenvalue weighted by Gasteiger charge is -2.15. The molecule has 3 rings (SSSR count). The van der Waals surface area contributed by atoms with Crippen LogP contribution in [0.5, 0.6) is 5.88 Å². The summed E-state index contributed by atoms with van der Waals surface area (Å²) in [7, 11) is 5.37. The Morgan fingerprint density at radius 2 is 2.03 bits per heavy atom. The monoisotopic (exact) mass is 432 g/mol. The molecule has 1 aromatic carbocycles. The molecule has 0 aliphatic carbocycles. The number of amides is 1. The second kappa shape index (κ2) is 9.80. The van der Waals surface area contributed by atoms with Gasteiger partial charge in [0.1, 0.15) is 5.82 Å². The third-order valence-corrected chi connectivity index (χ3v) is 4.81. The van der Waals surface area contributed by atoms with Crippen LogP contribution in [0.3, 0.4) is 0 Å². The molecule has 0 saturated carbocycles. The number of hydrogen-bond acceptors (Lipinski definition) is 6. The van der Waals surface area contributed by atoms with Crippen LogP contribution < -0.4 is 15.1 Å². The van der Waals surface area contributed by atoms with Crippen LogP contribution >= 0.6 is 11.6 Å². The SMILES string of the molecule is CCOCCONC(=O)c1c[nH]c2cc(Cl)c(-c3ccc(N(C)C)nc3OC)cc12. The molecule has 0 saturated heterocycles. The van der Waals surface area contributed by atoms with Crippen LogP contribution in [0.2, 0.25) is 5.02 Å². The van der Waals surface area contributed by atoms with Crippen molar-refractivity contribution < 1.29 is 19.1 Å². The lowest BCUT2D eigenvalue weighted by atomic mass is 10.0. The molecular weight excluding hydrogens is 408 g/mol. The highest BCUT2D eigenvalue weighted by Gasteiger charge is 2.18. The van der Waals surface area contributed by atoms with E-state index < -0.39 is 0 Å². The van der Waals surface area contributed by atoms with E-state index in [0.717, 1.165) is 16.9 Å². The average Bonchev–Trinajstić information content (AvgIpc) is 3.15. The van der Waals surface area contributed by atoms with Gasteiger partial charge in [0.25, 0.3) is 5.91 Å². The molecule has 3 aromatic rings. The van der Waals surface area contributed by atoms with Gasteiger partial charge in [0, 0.05) is 48.9 Å². The Hall–Kier alpha value is -2.81. The molecule has 2 heterocycles. The smallest absolute Gasteiger partial charge is 0.277 e. The van der Waals surface area contributed by atoms with Gasteiger partial charge in [-0.2, -0.15) is 4.98 Å². The summed E-state index contributed by atoms with van der Waals surface area (Å²) in [6.45, 7) is 3.16. The van der Waals surface area contributed by atoms with Crippen molar-refractivity contribution in [3.8, 4) is 17.0 Å². The summed E-state index contributed by atoms with van der Waals surface area (Å²) in [5.41, 5.74) is 5.06. The predicted octanol–water partition coefficient (Wildman–Crippen LogP) is 3.66. The molecule has 0 aliphatic heterocycles. The van der Waals surface area contributed by atoms with Crippen molar-refractivity contribution in [2.45, 2.75) is 6.92 Å². The maximum Gasteiger partial charge on any atom is 0.277 e. The van der Waals surface area contributed by atoms with E-state index in [1.807, 2.05) is 44.1 Å². The number of anilines is 1. The summed E-state index contributed by atoms with van der Waals surface area (Å²) < 4.78 is 10.7. The Morgan fingerprint density at radius 3 is 2.73 bits per heavy atom. The second-order valence-electron chi connectivity index (χ2n) is 6.68. The molecule has 1 amide bonds. The zero-order chi connectivity index (χ0) is 21.7. The van der Waals surface area contributed by atoms with Crippen molar-refractivity contribution in [1.82, 2.24) is 15.4 Å². The molecule has 0 radical (unpaired) electrons. The Bertz CT molecular complexity index is 1040. The van der Waals surface area contributed by atoms with E-state index in [-0.39, 0.29) is 12.5 Å². The van der Waals surface area contributed by atoms with E-state index in [1.165, 1.54) is 0 Å². The van der Waals surface area contributed by atoms with Gasteiger partial charge in [-0.3, -0.25) is 9.63 Å². The number of rotatable bonds is 9. The van der Waals surface area contributed by atoms with Gasteiger partial charge < -0.3 is 19.4 Å². The molecule has 2 aromatic heterocycles. The number of benzene rings is 1. The van der Waals surface area contributed by atoms with Crippen molar-refractivity contribution in [3.63, 3.8) is 0 Å². The van der Waals surface area contributed by atoms with E-state index in [0.29, 0.717) is 40.6 Å². The largest absolute Gasteiger partial charge is 0.480 e. The fraction of sp³-hybridized carbons (Fsp3) is 0.333. The van der Waals surface area contributed by atoms with Crippen molar-refractivity contribution >= 4 is 34.2 Å². The van der Waals surface area contributed by atoms with Crippen LogP contribution in [-0.2, 0) is 9.57 Å². The number of carbonyl (C=O) groups excluding carboxylic acids is 1. The van der Waals surface area contributed by atoms with Crippen LogP contribution in [-0.4, -0.2) is 56.9 Å². The zero-order valence-corrected chi connectivity index (χ0v) is 18.2. The highest BCUT2D eigenvalue weighted by atomic mass is 35.5. The fourth-order valence-corrected chi connectivity index (χ4v) is 3.26. The Labute approximate surface area is 180 Å². The number of hydroxylamine groups is 1. The molecule has 8 nitrogen and oxygen atoms in total. The van der Waals surface area contributed by atoms with Crippen LogP contribution in [0.15, 0.2) is 30.5 Å². The number of aromatic nitrogens is 2. The van der Waals surface area contributed by atoms with Crippen LogP contribution in [0.1, 0.15) is 17.3 Å². The van der Waals surface area contributed by atoms with Gasteiger partial charge in [-0.25, -0.2) is 5.48 Å². The first kappa shape index (κ1) is 21.9. The number of methoxy groups -OCH3 is 1. The zero-order valence-electron chi connectivity index (χ0n) is 17.4. The third-order valence-electron chi connectivity index (χ3n) is 4.50. The number of nitrogens with one attached hydrogen (secondary N) is 2. The summed E-state index contributed by atoms with van der Waals surface area (Å²) in [6.07, 6.45) is 1.62. The topological polar surface area (TPSA) is 88.7 Å². The van der Waals surface area contributed by atoms with E-state index in [4.69, 9.17) is 25.9 Å². The second-order valence-corrected chi connectivity index (χ2v) is 7.08. The number of carbonyl (C=O) groups is 1. The van der Waals surface area contributed by atoms with Gasteiger partial charge in [-0.05, 0) is 31.2 Å². The number of fused-ring (bicyclic) bond motifs is 1. The molecule has 0 atom stereocenters. The molecule has 2 N–H and O–H groups in total. The van der Waals surface area contributed by atoms with Gasteiger partial charge in [0.2, 0.25) is 5.88 Å². The summed E-state index contributed by atoms with van der Waals surface area (Å²) in [5, 5.41) is 1.22. The molecule has 0 aliphatic rings. The molecule has 160 valence electrons. The number of ether oxygens (including phenoxy) is 2. The van der Waals surface area contributed by atoms with E-state index >= 15 is 0 Å². The summed E-state index contributed by atoms with van der Waals surface area (Å²) in [4.78, 5) is 27.2. The highest BCUT2D eigenvalue weighted by molar-refractivity contribution is 6.34. The molecule has 9 heteroatoms. The summed E-state index contributed by atoms with van der Waals surface area (Å²) >= 11 is 6.54. The number of H-pyrrole nitrogens is 1. The number of hydrogen-bond donors (Lipinski definition) is 2. The lowest BCUT2D eigenvalue weighted by Crippen LogP contribution is -2.25. The minimum absolute atomic E-state index is 0.264. The number of nitrogens with zero attached hydrogens (tertiary/aromatic N) is 2. The molecule has 0 spiro atoms. The van der Waals surface area contributed by atoms with Gasteiger partial charge in [-0.15, -0.1) is 0 Å².